The molecule has 1 saturated heterocycles. The molecule has 1 aromatic rings. The summed E-state index contributed by atoms with van der Waals surface area (Å²) in [6.45, 7) is 0.922. The molecule has 0 aromatic heterocycles. The van der Waals surface area contributed by atoms with E-state index < -0.39 is 17.9 Å². The van der Waals surface area contributed by atoms with Gasteiger partial charge in [-0.2, -0.15) is 0 Å². The third-order valence-electron chi connectivity index (χ3n) is 1.78. The standard InChI is InChI=1S/C9H8F2O2/c10-7-3-6(4-8(11)5-7)9-12-1-2-13-9/h3-5,9H,1-2H2. The highest BCUT2D eigenvalue weighted by molar-refractivity contribution is 5.19. The first-order valence-electron chi connectivity index (χ1n) is 3.95. The number of benzene rings is 1. The van der Waals surface area contributed by atoms with Crippen molar-refractivity contribution in [1.82, 2.24) is 0 Å². The Morgan fingerprint density at radius 1 is 1.00 bits per heavy atom. The summed E-state index contributed by atoms with van der Waals surface area (Å²) in [6.07, 6.45) is -0.620. The Bertz CT molecular complexity index is 288. The third kappa shape index (κ3) is 1.84. The first kappa shape index (κ1) is 8.59. The molecule has 0 atom stereocenters. The molecule has 1 heterocycles. The molecule has 0 aliphatic carbocycles. The van der Waals surface area contributed by atoms with E-state index in [-0.39, 0.29) is 0 Å². The van der Waals surface area contributed by atoms with Crippen molar-refractivity contribution in [3.8, 4) is 0 Å². The molecule has 4 heteroatoms. The van der Waals surface area contributed by atoms with Crippen LogP contribution in [-0.2, 0) is 9.47 Å². The fraction of sp³-hybridized carbons (Fsp3) is 0.333. The monoisotopic (exact) mass is 186 g/mol. The largest absolute Gasteiger partial charge is 0.346 e. The molecule has 70 valence electrons. The van der Waals surface area contributed by atoms with Crippen LogP contribution in [-0.4, -0.2) is 13.2 Å². The topological polar surface area (TPSA) is 18.5 Å². The zero-order chi connectivity index (χ0) is 9.26. The van der Waals surface area contributed by atoms with E-state index in [0.717, 1.165) is 6.07 Å². The Labute approximate surface area is 74.1 Å². The van der Waals surface area contributed by atoms with Crippen molar-refractivity contribution in [3.63, 3.8) is 0 Å². The van der Waals surface area contributed by atoms with Crippen LogP contribution in [0.3, 0.4) is 0 Å². The third-order valence-corrected chi connectivity index (χ3v) is 1.78. The SMILES string of the molecule is Fc1cc(F)cc(C2OCCO2)c1. The molecule has 0 bridgehead atoms. The van der Waals surface area contributed by atoms with Crippen LogP contribution in [0.25, 0.3) is 0 Å². The zero-order valence-electron chi connectivity index (χ0n) is 6.80. The molecule has 2 rings (SSSR count). The molecule has 13 heavy (non-hydrogen) atoms. The Morgan fingerprint density at radius 2 is 1.54 bits per heavy atom. The molecular weight excluding hydrogens is 178 g/mol. The summed E-state index contributed by atoms with van der Waals surface area (Å²) in [4.78, 5) is 0. The molecular formula is C9H8F2O2. The molecule has 0 radical (unpaired) electrons. The minimum atomic E-state index is -0.620. The van der Waals surface area contributed by atoms with Crippen LogP contribution >= 0.6 is 0 Å². The first-order chi connectivity index (χ1) is 6.25. The Hall–Kier alpha value is -1.00. The lowest BCUT2D eigenvalue weighted by atomic mass is 10.2. The molecule has 1 aromatic carbocycles. The molecule has 0 spiro atoms. The molecule has 0 N–H and O–H groups in total. The Balaban J connectivity index is 2.28. The minimum absolute atomic E-state index is 0.384. The normalized spacial score (nSPS) is 18.0. The highest BCUT2D eigenvalue weighted by atomic mass is 19.1. The number of halogens is 2. The molecule has 1 aliphatic rings. The van der Waals surface area contributed by atoms with Crippen molar-refractivity contribution in [2.75, 3.05) is 13.2 Å². The van der Waals surface area contributed by atoms with Gasteiger partial charge in [0.2, 0.25) is 0 Å². The van der Waals surface area contributed by atoms with E-state index in [1.807, 2.05) is 0 Å². The van der Waals surface area contributed by atoms with Crippen LogP contribution in [0.2, 0.25) is 0 Å². The van der Waals surface area contributed by atoms with Crippen molar-refractivity contribution in [3.05, 3.63) is 35.4 Å². The van der Waals surface area contributed by atoms with Crippen LogP contribution in [0.1, 0.15) is 11.9 Å². The van der Waals surface area contributed by atoms with E-state index in [4.69, 9.17) is 9.47 Å². The average Bonchev–Trinajstić information content (AvgIpc) is 2.53. The fourth-order valence-electron chi connectivity index (χ4n) is 1.26. The van der Waals surface area contributed by atoms with Gasteiger partial charge in [-0.25, -0.2) is 8.78 Å². The second kappa shape index (κ2) is 3.40. The van der Waals surface area contributed by atoms with Crippen molar-refractivity contribution in [1.29, 1.82) is 0 Å². The lowest BCUT2D eigenvalue weighted by Crippen LogP contribution is -1.99. The van der Waals surface area contributed by atoms with Gasteiger partial charge in [0.25, 0.3) is 0 Å². The Kier molecular flexibility index (Phi) is 2.24. The lowest BCUT2D eigenvalue weighted by Gasteiger charge is -2.08. The van der Waals surface area contributed by atoms with E-state index in [1.165, 1.54) is 12.1 Å². The molecule has 0 unspecified atom stereocenters. The number of ether oxygens (including phenoxy) is 2. The summed E-state index contributed by atoms with van der Waals surface area (Å²) in [5.74, 6) is -1.23. The van der Waals surface area contributed by atoms with Crippen LogP contribution in [0, 0.1) is 11.6 Å². The van der Waals surface area contributed by atoms with Crippen molar-refractivity contribution < 1.29 is 18.3 Å². The van der Waals surface area contributed by atoms with Crippen molar-refractivity contribution >= 4 is 0 Å². The van der Waals surface area contributed by atoms with Crippen LogP contribution in [0.4, 0.5) is 8.78 Å². The summed E-state index contributed by atoms with van der Waals surface area (Å²) < 4.78 is 35.6. The van der Waals surface area contributed by atoms with Gasteiger partial charge in [0.15, 0.2) is 6.29 Å². The maximum absolute atomic E-state index is 12.7. The molecule has 0 amide bonds. The fourth-order valence-corrected chi connectivity index (χ4v) is 1.26. The predicted octanol–water partition coefficient (Wildman–Crippen LogP) is 2.01. The first-order valence-corrected chi connectivity index (χ1v) is 3.95. The second-order valence-electron chi connectivity index (χ2n) is 2.78. The smallest absolute Gasteiger partial charge is 0.184 e. The zero-order valence-corrected chi connectivity index (χ0v) is 6.80. The van der Waals surface area contributed by atoms with Gasteiger partial charge in [0, 0.05) is 11.6 Å². The molecule has 2 nitrogen and oxygen atoms in total. The van der Waals surface area contributed by atoms with Gasteiger partial charge in [0.1, 0.15) is 11.6 Å². The number of rotatable bonds is 1. The number of hydrogen-bond acceptors (Lipinski definition) is 2. The second-order valence-corrected chi connectivity index (χ2v) is 2.78. The summed E-state index contributed by atoms with van der Waals surface area (Å²) >= 11 is 0. The van der Waals surface area contributed by atoms with E-state index in [0.29, 0.717) is 18.8 Å². The Morgan fingerprint density at radius 3 is 2.08 bits per heavy atom. The van der Waals surface area contributed by atoms with Gasteiger partial charge in [-0.1, -0.05) is 0 Å². The quantitative estimate of drug-likeness (QED) is 0.667. The van der Waals surface area contributed by atoms with Gasteiger partial charge in [-0.05, 0) is 12.1 Å². The predicted molar refractivity (Wildman–Crippen MR) is 41.0 cm³/mol. The van der Waals surface area contributed by atoms with Gasteiger partial charge in [-0.3, -0.25) is 0 Å². The van der Waals surface area contributed by atoms with Gasteiger partial charge in [0.05, 0.1) is 13.2 Å². The van der Waals surface area contributed by atoms with Gasteiger partial charge in [-0.15, -0.1) is 0 Å². The minimum Gasteiger partial charge on any atom is -0.346 e. The van der Waals surface area contributed by atoms with Crippen molar-refractivity contribution in [2.24, 2.45) is 0 Å². The van der Waals surface area contributed by atoms with E-state index in [1.54, 1.807) is 0 Å². The highest BCUT2D eigenvalue weighted by Crippen LogP contribution is 2.24. The maximum Gasteiger partial charge on any atom is 0.184 e. The lowest BCUT2D eigenvalue weighted by molar-refractivity contribution is -0.0445. The summed E-state index contributed by atoms with van der Waals surface area (Å²) in [6, 6.07) is 3.23. The van der Waals surface area contributed by atoms with Crippen LogP contribution in [0.5, 0.6) is 0 Å². The maximum atomic E-state index is 12.7. The van der Waals surface area contributed by atoms with E-state index in [2.05, 4.69) is 0 Å². The van der Waals surface area contributed by atoms with Gasteiger partial charge >= 0.3 is 0 Å². The average molecular weight is 186 g/mol. The van der Waals surface area contributed by atoms with E-state index >= 15 is 0 Å². The molecule has 1 fully saturated rings. The van der Waals surface area contributed by atoms with E-state index in [9.17, 15) is 8.78 Å². The summed E-state index contributed by atoms with van der Waals surface area (Å²) in [5.41, 5.74) is 0.384. The van der Waals surface area contributed by atoms with Crippen LogP contribution in [0.15, 0.2) is 18.2 Å². The molecule has 0 saturated carbocycles. The summed E-state index contributed by atoms with van der Waals surface area (Å²) in [5, 5.41) is 0. The van der Waals surface area contributed by atoms with Gasteiger partial charge < -0.3 is 9.47 Å². The van der Waals surface area contributed by atoms with Crippen LogP contribution < -0.4 is 0 Å². The molecule has 1 aliphatic heterocycles. The van der Waals surface area contributed by atoms with Crippen molar-refractivity contribution in [2.45, 2.75) is 6.29 Å². The number of hydrogen-bond donors (Lipinski definition) is 0. The highest BCUT2D eigenvalue weighted by Gasteiger charge is 2.19. The summed E-state index contributed by atoms with van der Waals surface area (Å²) in [7, 11) is 0.